The van der Waals surface area contributed by atoms with Crippen LogP contribution in [0.2, 0.25) is 0 Å². The fourth-order valence-corrected chi connectivity index (χ4v) is 2.18. The molecule has 0 amide bonds. The summed E-state index contributed by atoms with van der Waals surface area (Å²) in [4.78, 5) is 11.2. The lowest BCUT2D eigenvalue weighted by Gasteiger charge is -2.20. The van der Waals surface area contributed by atoms with Crippen LogP contribution < -0.4 is 5.32 Å². The van der Waals surface area contributed by atoms with Crippen LogP contribution in [0.4, 0.5) is 13.2 Å². The summed E-state index contributed by atoms with van der Waals surface area (Å²) in [5, 5.41) is 12.1. The molecule has 0 bridgehead atoms. The van der Waals surface area contributed by atoms with Crippen molar-refractivity contribution in [3.63, 3.8) is 0 Å². The van der Waals surface area contributed by atoms with E-state index in [0.29, 0.717) is 13.0 Å². The van der Waals surface area contributed by atoms with Crippen molar-refractivity contribution in [2.45, 2.75) is 45.3 Å². The normalized spacial score (nSPS) is 14.9. The van der Waals surface area contributed by atoms with E-state index in [1.165, 1.54) is 12.1 Å². The van der Waals surface area contributed by atoms with Crippen LogP contribution in [0.25, 0.3) is 0 Å². The molecule has 1 aromatic rings. The van der Waals surface area contributed by atoms with E-state index in [1.807, 2.05) is 20.8 Å². The van der Waals surface area contributed by atoms with Crippen molar-refractivity contribution in [3.05, 3.63) is 35.4 Å². The van der Waals surface area contributed by atoms with Crippen molar-refractivity contribution in [2.75, 3.05) is 6.54 Å². The maximum Gasteiger partial charge on any atom is 0.416 e. The number of hydrogen-bond donors (Lipinski definition) is 2. The summed E-state index contributed by atoms with van der Waals surface area (Å²) in [6, 6.07) is 4.33. The summed E-state index contributed by atoms with van der Waals surface area (Å²) < 4.78 is 37.5. The number of hydrogen-bond acceptors (Lipinski definition) is 2. The van der Waals surface area contributed by atoms with Gasteiger partial charge >= 0.3 is 12.1 Å². The molecule has 0 aromatic heterocycles. The Morgan fingerprint density at radius 3 is 2.14 bits per heavy atom. The van der Waals surface area contributed by atoms with E-state index in [-0.39, 0.29) is 11.8 Å². The Hall–Kier alpha value is -1.56. The lowest BCUT2D eigenvalue weighted by Crippen LogP contribution is -2.39. The van der Waals surface area contributed by atoms with Crippen LogP contribution >= 0.6 is 0 Å². The summed E-state index contributed by atoms with van der Waals surface area (Å²) in [7, 11) is 0. The Balaban J connectivity index is 2.64. The summed E-state index contributed by atoms with van der Waals surface area (Å²) >= 11 is 0. The Morgan fingerprint density at radius 2 is 1.73 bits per heavy atom. The second kappa shape index (κ2) is 7.63. The molecular weight excluding hydrogens is 295 g/mol. The lowest BCUT2D eigenvalue weighted by atomic mass is 9.98. The van der Waals surface area contributed by atoms with Crippen LogP contribution in [-0.4, -0.2) is 23.7 Å². The Labute approximate surface area is 128 Å². The van der Waals surface area contributed by atoms with Gasteiger partial charge in [0.05, 0.1) is 5.56 Å². The van der Waals surface area contributed by atoms with Crippen molar-refractivity contribution in [1.29, 1.82) is 0 Å². The molecule has 0 fully saturated rings. The maximum absolute atomic E-state index is 12.5. The highest BCUT2D eigenvalue weighted by Crippen LogP contribution is 2.30. The fourth-order valence-electron chi connectivity index (χ4n) is 2.18. The number of rotatable bonds is 7. The highest BCUT2D eigenvalue weighted by atomic mass is 19.4. The SMILES string of the molecule is CC(C)C[C@H](NCC(C)c1ccc(C(F)(F)F)cc1)C(=O)O. The first-order valence-corrected chi connectivity index (χ1v) is 7.24. The van der Waals surface area contributed by atoms with E-state index in [2.05, 4.69) is 5.32 Å². The third-order valence-electron chi connectivity index (χ3n) is 3.48. The van der Waals surface area contributed by atoms with Crippen LogP contribution in [0.5, 0.6) is 0 Å². The van der Waals surface area contributed by atoms with Gasteiger partial charge < -0.3 is 10.4 Å². The number of carboxylic acids is 1. The van der Waals surface area contributed by atoms with E-state index in [1.54, 1.807) is 0 Å². The Kier molecular flexibility index (Phi) is 6.41. The molecule has 0 saturated carbocycles. The molecule has 1 rings (SSSR count). The summed E-state index contributed by atoms with van der Waals surface area (Å²) in [6.45, 7) is 6.13. The first-order chi connectivity index (χ1) is 10.1. The van der Waals surface area contributed by atoms with Gasteiger partial charge in [0.25, 0.3) is 0 Å². The molecule has 0 aliphatic carbocycles. The Morgan fingerprint density at radius 1 is 1.18 bits per heavy atom. The first kappa shape index (κ1) is 18.5. The quantitative estimate of drug-likeness (QED) is 0.802. The number of carbonyl (C=O) groups is 1. The molecule has 1 unspecified atom stereocenters. The number of aliphatic carboxylic acids is 1. The minimum atomic E-state index is -4.34. The monoisotopic (exact) mass is 317 g/mol. The Bertz CT molecular complexity index is 483. The molecule has 2 N–H and O–H groups in total. The van der Waals surface area contributed by atoms with Crippen molar-refractivity contribution in [1.82, 2.24) is 5.32 Å². The molecule has 1 aromatic carbocycles. The van der Waals surface area contributed by atoms with Gasteiger partial charge in [0.15, 0.2) is 0 Å². The topological polar surface area (TPSA) is 49.3 Å². The molecule has 0 aliphatic rings. The maximum atomic E-state index is 12.5. The first-order valence-electron chi connectivity index (χ1n) is 7.24. The molecule has 2 atom stereocenters. The minimum absolute atomic E-state index is 0.0729. The van der Waals surface area contributed by atoms with Gasteiger partial charge in [-0.3, -0.25) is 4.79 Å². The van der Waals surface area contributed by atoms with E-state index < -0.39 is 23.8 Å². The van der Waals surface area contributed by atoms with Crippen LogP contribution in [0, 0.1) is 5.92 Å². The molecule has 6 heteroatoms. The summed E-state index contributed by atoms with van der Waals surface area (Å²) in [6.07, 6.45) is -3.83. The van der Waals surface area contributed by atoms with Crippen molar-refractivity contribution < 1.29 is 23.1 Å². The average Bonchev–Trinajstić information content (AvgIpc) is 2.41. The molecule has 22 heavy (non-hydrogen) atoms. The molecule has 0 spiro atoms. The van der Waals surface area contributed by atoms with Gasteiger partial charge in [-0.2, -0.15) is 13.2 Å². The van der Waals surface area contributed by atoms with Crippen LogP contribution in [0.3, 0.4) is 0 Å². The van der Waals surface area contributed by atoms with E-state index in [4.69, 9.17) is 5.11 Å². The van der Waals surface area contributed by atoms with Crippen molar-refractivity contribution in [2.24, 2.45) is 5.92 Å². The number of carboxylic acid groups (broad SMARTS) is 1. The highest BCUT2D eigenvalue weighted by Gasteiger charge is 2.30. The van der Waals surface area contributed by atoms with Gasteiger partial charge in [-0.25, -0.2) is 0 Å². The molecule has 0 radical (unpaired) electrons. The lowest BCUT2D eigenvalue weighted by molar-refractivity contribution is -0.140. The molecule has 0 saturated heterocycles. The van der Waals surface area contributed by atoms with Crippen molar-refractivity contribution >= 4 is 5.97 Å². The zero-order valence-electron chi connectivity index (χ0n) is 12.9. The zero-order chi connectivity index (χ0) is 16.9. The third-order valence-corrected chi connectivity index (χ3v) is 3.48. The van der Waals surface area contributed by atoms with Gasteiger partial charge in [0.2, 0.25) is 0 Å². The van der Waals surface area contributed by atoms with Gasteiger partial charge in [0.1, 0.15) is 6.04 Å². The third kappa shape index (κ3) is 5.67. The van der Waals surface area contributed by atoms with Crippen LogP contribution in [0.1, 0.15) is 44.2 Å². The standard InChI is InChI=1S/C16H22F3NO2/c1-10(2)8-14(15(21)22)20-9-11(3)12-4-6-13(7-5-12)16(17,18)19/h4-7,10-11,14,20H,8-9H2,1-3H3,(H,21,22)/t11?,14-/m0/s1. The minimum Gasteiger partial charge on any atom is -0.480 e. The van der Waals surface area contributed by atoms with E-state index in [0.717, 1.165) is 17.7 Å². The number of benzene rings is 1. The summed E-state index contributed by atoms with van der Waals surface area (Å²) in [5.74, 6) is -0.736. The summed E-state index contributed by atoms with van der Waals surface area (Å²) in [5.41, 5.74) is 0.0637. The van der Waals surface area contributed by atoms with E-state index >= 15 is 0 Å². The molecule has 0 heterocycles. The smallest absolute Gasteiger partial charge is 0.416 e. The van der Waals surface area contributed by atoms with Crippen LogP contribution in [-0.2, 0) is 11.0 Å². The predicted molar refractivity (Wildman–Crippen MR) is 78.7 cm³/mol. The van der Waals surface area contributed by atoms with E-state index in [9.17, 15) is 18.0 Å². The fraction of sp³-hybridized carbons (Fsp3) is 0.562. The number of nitrogens with one attached hydrogen (secondary N) is 1. The van der Waals surface area contributed by atoms with Gasteiger partial charge in [0, 0.05) is 6.54 Å². The van der Waals surface area contributed by atoms with Crippen LogP contribution in [0.15, 0.2) is 24.3 Å². The van der Waals surface area contributed by atoms with Crippen molar-refractivity contribution in [3.8, 4) is 0 Å². The molecular formula is C16H22F3NO2. The second-order valence-corrected chi connectivity index (χ2v) is 5.95. The molecule has 3 nitrogen and oxygen atoms in total. The van der Waals surface area contributed by atoms with Gasteiger partial charge in [-0.05, 0) is 36.0 Å². The second-order valence-electron chi connectivity index (χ2n) is 5.95. The highest BCUT2D eigenvalue weighted by molar-refractivity contribution is 5.73. The average molecular weight is 317 g/mol. The van der Waals surface area contributed by atoms with Gasteiger partial charge in [-0.15, -0.1) is 0 Å². The van der Waals surface area contributed by atoms with Gasteiger partial charge in [-0.1, -0.05) is 32.9 Å². The molecule has 0 aliphatic heterocycles. The zero-order valence-corrected chi connectivity index (χ0v) is 12.9. The number of halogens is 3. The largest absolute Gasteiger partial charge is 0.480 e. The number of alkyl halides is 3. The molecule has 124 valence electrons. The predicted octanol–water partition coefficient (Wildman–Crippen LogP) is 3.90.